The van der Waals surface area contributed by atoms with Crippen LogP contribution < -0.4 is 9.64 Å². The molecule has 226 valence electrons. The van der Waals surface area contributed by atoms with Gasteiger partial charge in [-0.1, -0.05) is 32.4 Å². The zero-order valence-electron chi connectivity index (χ0n) is 26.0. The number of methoxy groups -OCH3 is 1. The van der Waals surface area contributed by atoms with Crippen LogP contribution in [0.25, 0.3) is 0 Å². The molecule has 0 bridgehead atoms. The maximum Gasteiger partial charge on any atom is 0.222 e. The molecule has 1 N–H and O–H groups in total. The summed E-state index contributed by atoms with van der Waals surface area (Å²) < 4.78 is 5.48. The van der Waals surface area contributed by atoms with Crippen LogP contribution in [-0.2, 0) is 4.79 Å². The van der Waals surface area contributed by atoms with E-state index < -0.39 is 0 Å². The number of ether oxygens (including phenoxy) is 1. The predicted octanol–water partition coefficient (Wildman–Crippen LogP) is 5.88. The number of carbonyl (C=O) groups excluding carboxylic acids is 1. The Morgan fingerprint density at radius 2 is 2.00 bits per heavy atom. The van der Waals surface area contributed by atoms with E-state index in [2.05, 4.69) is 53.5 Å². The van der Waals surface area contributed by atoms with Crippen LogP contribution in [-0.4, -0.2) is 64.8 Å². The summed E-state index contributed by atoms with van der Waals surface area (Å²) in [5.74, 6) is 5.47. The molecular weight excluding hydrogens is 512 g/mol. The summed E-state index contributed by atoms with van der Waals surface area (Å²) in [6.07, 6.45) is 16.9. The lowest BCUT2D eigenvalue weighted by atomic mass is 9.47. The first-order valence-electron chi connectivity index (χ1n) is 16.4. The van der Waals surface area contributed by atoms with Gasteiger partial charge in [-0.2, -0.15) is 0 Å². The number of aliphatic hydroxyl groups is 1. The molecule has 0 spiro atoms. The first kappa shape index (κ1) is 28.9. The number of nitrogens with zero attached hydrogens (tertiary/aromatic N) is 4. The van der Waals surface area contributed by atoms with E-state index in [1.54, 1.807) is 25.2 Å². The predicted molar refractivity (Wildman–Crippen MR) is 162 cm³/mol. The van der Waals surface area contributed by atoms with E-state index in [0.29, 0.717) is 40.7 Å². The number of anilines is 1. The van der Waals surface area contributed by atoms with Crippen molar-refractivity contribution < 1.29 is 14.6 Å². The van der Waals surface area contributed by atoms with Crippen molar-refractivity contribution in [3.8, 4) is 5.75 Å². The minimum Gasteiger partial charge on any atom is -0.491 e. The molecule has 5 aliphatic rings. The molecule has 0 radical (unpaired) electrons. The van der Waals surface area contributed by atoms with Gasteiger partial charge in [-0.25, -0.2) is 9.97 Å². The van der Waals surface area contributed by atoms with Crippen molar-refractivity contribution in [1.29, 1.82) is 0 Å². The van der Waals surface area contributed by atoms with Gasteiger partial charge >= 0.3 is 0 Å². The molecule has 0 aromatic carbocycles. The Bertz CT molecular complexity index is 1160. The molecule has 7 heteroatoms. The van der Waals surface area contributed by atoms with Gasteiger partial charge in [0.2, 0.25) is 5.91 Å². The molecule has 1 unspecified atom stereocenters. The third-order valence-corrected chi connectivity index (χ3v) is 12.8. The summed E-state index contributed by atoms with van der Waals surface area (Å²) >= 11 is 0. The third-order valence-electron chi connectivity index (χ3n) is 12.8. The van der Waals surface area contributed by atoms with Crippen LogP contribution in [0, 0.1) is 40.4 Å². The number of amides is 1. The molecule has 41 heavy (non-hydrogen) atoms. The van der Waals surface area contributed by atoms with Crippen molar-refractivity contribution in [3.63, 3.8) is 0 Å². The van der Waals surface area contributed by atoms with Crippen molar-refractivity contribution in [1.82, 2.24) is 14.9 Å². The number of hydrogen-bond donors (Lipinski definition) is 1. The first-order chi connectivity index (χ1) is 19.7. The Morgan fingerprint density at radius 1 is 1.17 bits per heavy atom. The molecule has 3 saturated carbocycles. The van der Waals surface area contributed by atoms with Gasteiger partial charge in [0.15, 0.2) is 11.6 Å². The van der Waals surface area contributed by atoms with Gasteiger partial charge in [0.25, 0.3) is 0 Å². The van der Waals surface area contributed by atoms with E-state index in [1.165, 1.54) is 32.1 Å². The molecular formula is C34H52N4O3. The average molecular weight is 565 g/mol. The second kappa shape index (κ2) is 11.2. The van der Waals surface area contributed by atoms with Crippen LogP contribution in [0.1, 0.15) is 91.9 Å². The number of fused-ring (bicyclic) bond motifs is 5. The van der Waals surface area contributed by atoms with Crippen molar-refractivity contribution in [2.24, 2.45) is 40.4 Å². The Morgan fingerprint density at radius 3 is 2.78 bits per heavy atom. The van der Waals surface area contributed by atoms with E-state index in [4.69, 9.17) is 4.74 Å². The normalized spacial score (nSPS) is 39.3. The largest absolute Gasteiger partial charge is 0.491 e. The standard InChI is InChI=1S/C34H52N4O3/c1-22(6-11-31(40)37-16-17-38(23(2)20-37)32-30(41-5)19-35-21-36-32)27-9-10-28-26-8-7-24-18-25(39)12-14-33(24,3)29(26)13-15-34(27,28)4/h7,19,21-23,25-29,39H,6,8-18,20H2,1-5H3/t22?,23-,25-,26-,27+,28-,29-,33-,34+/m0/s1. The van der Waals surface area contributed by atoms with E-state index in [1.807, 2.05) is 0 Å². The molecule has 1 aromatic heterocycles. The summed E-state index contributed by atoms with van der Waals surface area (Å²) in [7, 11) is 1.65. The van der Waals surface area contributed by atoms with Crippen LogP contribution in [0.2, 0.25) is 0 Å². The van der Waals surface area contributed by atoms with Crippen LogP contribution in [0.5, 0.6) is 5.75 Å². The molecule has 7 nitrogen and oxygen atoms in total. The second-order valence-corrected chi connectivity index (χ2v) is 14.7. The SMILES string of the molecule is COc1cncnc1N1CCN(C(=O)CCC(C)[C@H]2CC[C@H]3[C@@H]4CC=C5C[C@@H](O)CC[C@]5(C)[C@H]4CC[C@]23C)C[C@@H]1C. The highest BCUT2D eigenvalue weighted by molar-refractivity contribution is 5.76. The zero-order valence-corrected chi connectivity index (χ0v) is 26.0. The van der Waals surface area contributed by atoms with Crippen LogP contribution >= 0.6 is 0 Å². The number of hydrogen-bond acceptors (Lipinski definition) is 6. The maximum absolute atomic E-state index is 13.4. The molecule has 1 amide bonds. The fourth-order valence-electron chi connectivity index (χ4n) is 10.5. The number of carbonyl (C=O) groups is 1. The highest BCUT2D eigenvalue weighted by Crippen LogP contribution is 2.67. The van der Waals surface area contributed by atoms with E-state index in [-0.39, 0.29) is 12.1 Å². The molecule has 4 fully saturated rings. The van der Waals surface area contributed by atoms with Gasteiger partial charge in [-0.05, 0) is 105 Å². The maximum atomic E-state index is 13.4. The van der Waals surface area contributed by atoms with Crippen LogP contribution in [0.4, 0.5) is 5.82 Å². The topological polar surface area (TPSA) is 78.8 Å². The van der Waals surface area contributed by atoms with Crippen molar-refractivity contribution in [2.75, 3.05) is 31.6 Å². The Hall–Kier alpha value is -2.15. The summed E-state index contributed by atoms with van der Waals surface area (Å²) in [6, 6.07) is 0.179. The van der Waals surface area contributed by atoms with Gasteiger partial charge < -0.3 is 19.6 Å². The second-order valence-electron chi connectivity index (χ2n) is 14.7. The van der Waals surface area contributed by atoms with E-state index in [9.17, 15) is 9.90 Å². The quantitative estimate of drug-likeness (QED) is 0.435. The number of rotatable bonds is 6. The molecule has 1 aromatic rings. The zero-order chi connectivity index (χ0) is 28.9. The van der Waals surface area contributed by atoms with Gasteiger partial charge in [-0.3, -0.25) is 4.79 Å². The molecule has 1 saturated heterocycles. The van der Waals surface area contributed by atoms with E-state index >= 15 is 0 Å². The summed E-state index contributed by atoms with van der Waals surface area (Å²) in [5, 5.41) is 10.3. The average Bonchev–Trinajstić information content (AvgIpc) is 3.33. The van der Waals surface area contributed by atoms with Crippen LogP contribution in [0.15, 0.2) is 24.2 Å². The van der Waals surface area contributed by atoms with Gasteiger partial charge in [-0.15, -0.1) is 0 Å². The lowest BCUT2D eigenvalue weighted by Crippen LogP contribution is -2.54. The van der Waals surface area contributed by atoms with Crippen molar-refractivity contribution in [2.45, 2.75) is 104 Å². The number of aliphatic hydroxyl groups excluding tert-OH is 1. The highest BCUT2D eigenvalue weighted by Gasteiger charge is 2.59. The monoisotopic (exact) mass is 564 g/mol. The Balaban J connectivity index is 1.05. The minimum atomic E-state index is -0.131. The Kier molecular flexibility index (Phi) is 7.88. The lowest BCUT2D eigenvalue weighted by molar-refractivity contribution is -0.132. The van der Waals surface area contributed by atoms with Crippen LogP contribution in [0.3, 0.4) is 0 Å². The molecule has 4 aliphatic carbocycles. The Labute approximate surface area is 247 Å². The smallest absolute Gasteiger partial charge is 0.222 e. The number of piperazine rings is 1. The summed E-state index contributed by atoms with van der Waals surface area (Å²) in [6.45, 7) is 11.9. The van der Waals surface area contributed by atoms with Crippen molar-refractivity contribution >= 4 is 11.7 Å². The van der Waals surface area contributed by atoms with E-state index in [0.717, 1.165) is 68.9 Å². The summed E-state index contributed by atoms with van der Waals surface area (Å²) in [4.78, 5) is 26.3. The molecule has 1 aliphatic heterocycles. The molecule has 6 rings (SSSR count). The van der Waals surface area contributed by atoms with Gasteiger partial charge in [0, 0.05) is 32.1 Å². The number of aromatic nitrogens is 2. The third kappa shape index (κ3) is 4.98. The number of allylic oxidation sites excluding steroid dienone is 1. The fourth-order valence-corrected chi connectivity index (χ4v) is 10.5. The van der Waals surface area contributed by atoms with Gasteiger partial charge in [0.1, 0.15) is 6.33 Å². The first-order valence-corrected chi connectivity index (χ1v) is 16.4. The van der Waals surface area contributed by atoms with Crippen molar-refractivity contribution in [3.05, 3.63) is 24.2 Å². The minimum absolute atomic E-state index is 0.131. The molecule has 2 heterocycles. The molecule has 9 atom stereocenters. The fraction of sp³-hybridized carbons (Fsp3) is 0.794. The van der Waals surface area contributed by atoms with Gasteiger partial charge in [0.05, 0.1) is 19.4 Å². The highest BCUT2D eigenvalue weighted by atomic mass is 16.5. The summed E-state index contributed by atoms with van der Waals surface area (Å²) in [5.41, 5.74) is 2.27. The lowest BCUT2D eigenvalue weighted by Gasteiger charge is -2.58.